The van der Waals surface area contributed by atoms with Gasteiger partial charge in [0.1, 0.15) is 6.04 Å². The van der Waals surface area contributed by atoms with Gasteiger partial charge in [0.25, 0.3) is 0 Å². The molecule has 2 amide bonds. The highest BCUT2D eigenvalue weighted by Crippen LogP contribution is 1.90. The maximum Gasteiger partial charge on any atom is 0.328 e. The lowest BCUT2D eigenvalue weighted by molar-refractivity contribution is -0.143. The van der Waals surface area contributed by atoms with E-state index in [1.807, 2.05) is 5.32 Å². The summed E-state index contributed by atoms with van der Waals surface area (Å²) in [6.45, 7) is -0.760. The molecule has 0 spiro atoms. The van der Waals surface area contributed by atoms with Crippen molar-refractivity contribution in [3.63, 3.8) is 0 Å². The van der Waals surface area contributed by atoms with E-state index in [0.29, 0.717) is 0 Å². The van der Waals surface area contributed by atoms with Crippen molar-refractivity contribution >= 4 is 17.8 Å². The molecule has 15 heavy (non-hydrogen) atoms. The molecule has 7 N–H and O–H groups in total. The number of aliphatic carboxylic acids is 1. The van der Waals surface area contributed by atoms with E-state index in [2.05, 4.69) is 0 Å². The van der Waals surface area contributed by atoms with Crippen LogP contribution in [0.5, 0.6) is 0 Å². The van der Waals surface area contributed by atoms with E-state index in [1.54, 1.807) is 0 Å². The zero-order valence-electron chi connectivity index (χ0n) is 7.84. The van der Waals surface area contributed by atoms with Crippen LogP contribution in [-0.4, -0.2) is 46.7 Å². The van der Waals surface area contributed by atoms with E-state index in [4.69, 9.17) is 21.7 Å². The molecule has 0 bridgehead atoms. The lowest BCUT2D eigenvalue weighted by Gasteiger charge is -2.14. The van der Waals surface area contributed by atoms with E-state index in [-0.39, 0.29) is 6.42 Å². The molecule has 8 heteroatoms. The Labute approximate surface area is 85.2 Å². The van der Waals surface area contributed by atoms with Crippen molar-refractivity contribution in [3.05, 3.63) is 0 Å². The summed E-state index contributed by atoms with van der Waals surface area (Å²) in [4.78, 5) is 31.9. The molecule has 2 atom stereocenters. The molecule has 0 aliphatic heterocycles. The molecule has 0 fully saturated rings. The molecule has 0 saturated carbocycles. The quantitative estimate of drug-likeness (QED) is 0.316. The highest BCUT2D eigenvalue weighted by Gasteiger charge is 2.23. The Bertz CT molecular complexity index is 267. The van der Waals surface area contributed by atoms with Crippen molar-refractivity contribution < 1.29 is 24.6 Å². The first-order valence-corrected chi connectivity index (χ1v) is 4.06. The molecule has 86 valence electrons. The van der Waals surface area contributed by atoms with Gasteiger partial charge in [-0.25, -0.2) is 4.79 Å². The van der Waals surface area contributed by atoms with E-state index in [9.17, 15) is 14.4 Å². The molecular formula is C7H13N3O5. The highest BCUT2D eigenvalue weighted by atomic mass is 16.4. The number of aliphatic hydroxyl groups is 1. The van der Waals surface area contributed by atoms with Crippen LogP contribution in [0.2, 0.25) is 0 Å². The number of hydrogen-bond donors (Lipinski definition) is 5. The summed E-state index contributed by atoms with van der Waals surface area (Å²) >= 11 is 0. The largest absolute Gasteiger partial charge is 0.480 e. The second-order valence-corrected chi connectivity index (χ2v) is 2.86. The van der Waals surface area contributed by atoms with Crippen molar-refractivity contribution in [3.8, 4) is 0 Å². The predicted molar refractivity (Wildman–Crippen MR) is 48.4 cm³/mol. The van der Waals surface area contributed by atoms with Crippen LogP contribution < -0.4 is 16.8 Å². The van der Waals surface area contributed by atoms with Crippen LogP contribution in [0.4, 0.5) is 0 Å². The van der Waals surface area contributed by atoms with Crippen molar-refractivity contribution in [2.45, 2.75) is 18.5 Å². The third-order valence-electron chi connectivity index (χ3n) is 1.56. The fourth-order valence-electron chi connectivity index (χ4n) is 0.774. The van der Waals surface area contributed by atoms with Crippen molar-refractivity contribution in [2.24, 2.45) is 11.5 Å². The molecule has 0 aromatic rings. The van der Waals surface area contributed by atoms with Crippen molar-refractivity contribution in [1.82, 2.24) is 5.32 Å². The topological polar surface area (TPSA) is 156 Å². The molecule has 0 rings (SSSR count). The van der Waals surface area contributed by atoms with Gasteiger partial charge in [0.15, 0.2) is 0 Å². The summed E-state index contributed by atoms with van der Waals surface area (Å²) < 4.78 is 0. The Morgan fingerprint density at radius 1 is 1.33 bits per heavy atom. The van der Waals surface area contributed by atoms with Gasteiger partial charge in [-0.3, -0.25) is 9.59 Å². The second-order valence-electron chi connectivity index (χ2n) is 2.86. The number of nitrogens with one attached hydrogen (secondary N) is 1. The fourth-order valence-corrected chi connectivity index (χ4v) is 0.774. The number of aliphatic hydroxyl groups excluding tert-OH is 1. The van der Waals surface area contributed by atoms with Gasteiger partial charge in [0.05, 0.1) is 19.1 Å². The summed E-state index contributed by atoms with van der Waals surface area (Å²) in [5, 5.41) is 19.0. The summed E-state index contributed by atoms with van der Waals surface area (Å²) in [6.07, 6.45) is -0.385. The van der Waals surface area contributed by atoms with Gasteiger partial charge in [0, 0.05) is 0 Å². The van der Waals surface area contributed by atoms with Gasteiger partial charge in [-0.15, -0.1) is 0 Å². The SMILES string of the molecule is NC(=O)CC(N)C(=O)NC(CO)C(=O)O. The van der Waals surface area contributed by atoms with Crippen LogP contribution in [0, 0.1) is 0 Å². The van der Waals surface area contributed by atoms with Crippen LogP contribution in [0.1, 0.15) is 6.42 Å². The minimum absolute atomic E-state index is 0.385. The van der Waals surface area contributed by atoms with Crippen LogP contribution in [0.3, 0.4) is 0 Å². The molecule has 0 heterocycles. The van der Waals surface area contributed by atoms with Crippen LogP contribution in [0.15, 0.2) is 0 Å². The van der Waals surface area contributed by atoms with Gasteiger partial charge < -0.3 is 27.0 Å². The van der Waals surface area contributed by atoms with Crippen LogP contribution >= 0.6 is 0 Å². The number of carboxylic acid groups (broad SMARTS) is 1. The number of rotatable bonds is 6. The highest BCUT2D eigenvalue weighted by molar-refractivity contribution is 5.90. The Balaban J connectivity index is 4.21. The average molecular weight is 219 g/mol. The lowest BCUT2D eigenvalue weighted by atomic mass is 10.2. The fraction of sp³-hybridized carbons (Fsp3) is 0.571. The number of primary amides is 1. The number of nitrogens with two attached hydrogens (primary N) is 2. The molecule has 0 aliphatic rings. The Morgan fingerprint density at radius 2 is 1.87 bits per heavy atom. The third kappa shape index (κ3) is 4.93. The van der Waals surface area contributed by atoms with Crippen LogP contribution in [0.25, 0.3) is 0 Å². The normalized spacial score (nSPS) is 14.0. The lowest BCUT2D eigenvalue weighted by Crippen LogP contribution is -2.50. The molecule has 0 radical (unpaired) electrons. The van der Waals surface area contributed by atoms with Gasteiger partial charge in [0.2, 0.25) is 11.8 Å². The number of carbonyl (C=O) groups excluding carboxylic acids is 2. The molecule has 0 aliphatic carbocycles. The summed E-state index contributed by atoms with van der Waals surface area (Å²) in [5.41, 5.74) is 10.0. The smallest absolute Gasteiger partial charge is 0.328 e. The monoisotopic (exact) mass is 219 g/mol. The van der Waals surface area contributed by atoms with Gasteiger partial charge in [-0.05, 0) is 0 Å². The minimum Gasteiger partial charge on any atom is -0.480 e. The Hall–Kier alpha value is -1.67. The van der Waals surface area contributed by atoms with Gasteiger partial charge >= 0.3 is 5.97 Å². The first kappa shape index (κ1) is 13.3. The standard InChI is InChI=1S/C7H13N3O5/c8-3(1-5(9)12)6(13)10-4(2-11)7(14)15/h3-4,11H,1-2,8H2,(H2,9,12)(H,10,13)(H,14,15). The molecular weight excluding hydrogens is 206 g/mol. The maximum atomic E-state index is 11.1. The zero-order chi connectivity index (χ0) is 12.0. The third-order valence-corrected chi connectivity index (χ3v) is 1.56. The molecule has 2 unspecified atom stereocenters. The molecule has 8 nitrogen and oxygen atoms in total. The number of hydrogen-bond acceptors (Lipinski definition) is 5. The van der Waals surface area contributed by atoms with Crippen molar-refractivity contribution in [1.29, 1.82) is 0 Å². The molecule has 0 aromatic carbocycles. The molecule has 0 aromatic heterocycles. The number of carbonyl (C=O) groups is 3. The van der Waals surface area contributed by atoms with Gasteiger partial charge in [-0.1, -0.05) is 0 Å². The minimum atomic E-state index is -1.43. The van der Waals surface area contributed by atoms with E-state index < -0.39 is 36.5 Å². The van der Waals surface area contributed by atoms with Crippen LogP contribution in [-0.2, 0) is 14.4 Å². The summed E-state index contributed by atoms with van der Waals surface area (Å²) in [6, 6.07) is -2.65. The van der Waals surface area contributed by atoms with E-state index >= 15 is 0 Å². The predicted octanol–water partition coefficient (Wildman–Crippen LogP) is -3.25. The molecule has 0 saturated heterocycles. The van der Waals surface area contributed by atoms with Crippen molar-refractivity contribution in [2.75, 3.05) is 6.61 Å². The first-order valence-electron chi connectivity index (χ1n) is 4.06. The second kappa shape index (κ2) is 5.94. The number of carboxylic acids is 1. The Kier molecular flexibility index (Phi) is 5.27. The van der Waals surface area contributed by atoms with Gasteiger partial charge in [-0.2, -0.15) is 0 Å². The average Bonchev–Trinajstić information content (AvgIpc) is 2.11. The zero-order valence-corrected chi connectivity index (χ0v) is 7.84. The summed E-state index contributed by atoms with van der Waals surface area (Å²) in [7, 11) is 0. The Morgan fingerprint density at radius 3 is 2.20 bits per heavy atom. The first-order chi connectivity index (χ1) is 6.88. The number of amides is 2. The van der Waals surface area contributed by atoms with E-state index in [1.165, 1.54) is 0 Å². The summed E-state index contributed by atoms with van der Waals surface area (Å²) in [5.74, 6) is -3.01. The maximum absolute atomic E-state index is 11.1. The van der Waals surface area contributed by atoms with E-state index in [0.717, 1.165) is 0 Å².